The molecule has 0 unspecified atom stereocenters. The number of amides is 2. The number of aromatic nitrogens is 1. The molecule has 0 radical (unpaired) electrons. The Bertz CT molecular complexity index is 741. The van der Waals surface area contributed by atoms with Gasteiger partial charge in [-0.15, -0.1) is 0 Å². The minimum atomic E-state index is -0.482. The molecule has 2 amide bonds. The summed E-state index contributed by atoms with van der Waals surface area (Å²) in [4.78, 5) is 34.9. The predicted octanol–water partition coefficient (Wildman–Crippen LogP) is 0.889. The second kappa shape index (κ2) is 5.96. The largest absolute Gasteiger partial charge is 0.466 e. The minimum Gasteiger partial charge on any atom is -0.466 e. The number of nitrogens with one attached hydrogen (secondary N) is 2. The molecule has 0 fully saturated rings. The molecule has 0 bridgehead atoms. The average Bonchev–Trinajstić information content (AvgIpc) is 2.92. The zero-order chi connectivity index (χ0) is 15.6. The van der Waals surface area contributed by atoms with Gasteiger partial charge in [-0.1, -0.05) is 11.3 Å². The maximum Gasteiger partial charge on any atom is 0.307 e. The lowest BCUT2D eigenvalue weighted by Gasteiger charge is -2.07. The van der Waals surface area contributed by atoms with Crippen LogP contribution in [0.3, 0.4) is 0 Å². The topological polar surface area (TPSA) is 93.3 Å². The van der Waals surface area contributed by atoms with Crippen molar-refractivity contribution in [1.82, 2.24) is 15.4 Å². The van der Waals surface area contributed by atoms with Gasteiger partial charge in [0.25, 0.3) is 11.8 Å². The second-order valence-electron chi connectivity index (χ2n) is 4.56. The van der Waals surface area contributed by atoms with Crippen LogP contribution in [-0.4, -0.2) is 16.4 Å². The molecule has 0 spiro atoms. The van der Waals surface area contributed by atoms with Gasteiger partial charge in [0.2, 0.25) is 0 Å². The van der Waals surface area contributed by atoms with Crippen LogP contribution in [0, 0.1) is 20.8 Å². The number of hydrogen-bond acceptors (Lipinski definition) is 5. The molecule has 0 saturated carbocycles. The SMILES string of the molecule is Cc1cc(C(=O)NNC(=O)Cn2c(C)csc2=O)c(C)o1. The molecule has 112 valence electrons. The maximum absolute atomic E-state index is 11.9. The van der Waals surface area contributed by atoms with Crippen LogP contribution >= 0.6 is 11.3 Å². The predicted molar refractivity (Wildman–Crippen MR) is 77.1 cm³/mol. The van der Waals surface area contributed by atoms with Gasteiger partial charge in [0.1, 0.15) is 18.1 Å². The number of aryl methyl sites for hydroxylation is 3. The van der Waals surface area contributed by atoms with Crippen molar-refractivity contribution in [3.63, 3.8) is 0 Å². The number of carbonyl (C=O) groups is 2. The Hall–Kier alpha value is -2.35. The number of hydrogen-bond donors (Lipinski definition) is 2. The van der Waals surface area contributed by atoms with Crippen molar-refractivity contribution < 1.29 is 14.0 Å². The van der Waals surface area contributed by atoms with Crippen molar-refractivity contribution in [2.75, 3.05) is 0 Å². The number of nitrogens with zero attached hydrogens (tertiary/aromatic N) is 1. The quantitative estimate of drug-likeness (QED) is 0.823. The summed E-state index contributed by atoms with van der Waals surface area (Å²) in [7, 11) is 0. The van der Waals surface area contributed by atoms with E-state index in [1.807, 2.05) is 0 Å². The molecular formula is C13H15N3O4S. The van der Waals surface area contributed by atoms with E-state index in [1.165, 1.54) is 4.57 Å². The van der Waals surface area contributed by atoms with Gasteiger partial charge in [0, 0.05) is 11.1 Å². The molecule has 0 saturated heterocycles. The molecular weight excluding hydrogens is 294 g/mol. The highest BCUT2D eigenvalue weighted by atomic mass is 32.1. The molecule has 0 aliphatic heterocycles. The first-order valence-corrected chi connectivity index (χ1v) is 7.07. The van der Waals surface area contributed by atoms with E-state index in [-0.39, 0.29) is 11.4 Å². The molecule has 2 rings (SSSR count). The van der Waals surface area contributed by atoms with Gasteiger partial charge in [-0.2, -0.15) is 0 Å². The fraction of sp³-hybridized carbons (Fsp3) is 0.308. The summed E-state index contributed by atoms with van der Waals surface area (Å²) in [5.74, 6) is 0.144. The molecule has 0 atom stereocenters. The Balaban J connectivity index is 1.94. The first kappa shape index (κ1) is 15.0. The first-order chi connectivity index (χ1) is 9.88. The normalized spacial score (nSPS) is 10.4. The molecule has 2 N–H and O–H groups in total. The summed E-state index contributed by atoms with van der Waals surface area (Å²) in [6.07, 6.45) is 0. The van der Waals surface area contributed by atoms with Crippen LogP contribution in [0.4, 0.5) is 0 Å². The summed E-state index contributed by atoms with van der Waals surface area (Å²) >= 11 is 1.03. The summed E-state index contributed by atoms with van der Waals surface area (Å²) in [5.41, 5.74) is 5.63. The van der Waals surface area contributed by atoms with Crippen LogP contribution in [0.2, 0.25) is 0 Å². The van der Waals surface area contributed by atoms with Gasteiger partial charge >= 0.3 is 4.87 Å². The van der Waals surface area contributed by atoms with Gasteiger partial charge in [0.15, 0.2) is 0 Å². The third-order valence-corrected chi connectivity index (χ3v) is 3.76. The molecule has 2 aromatic rings. The van der Waals surface area contributed by atoms with Crippen LogP contribution in [0.1, 0.15) is 27.6 Å². The van der Waals surface area contributed by atoms with Gasteiger partial charge < -0.3 is 4.42 Å². The highest BCUT2D eigenvalue weighted by molar-refractivity contribution is 7.07. The van der Waals surface area contributed by atoms with Gasteiger partial charge in [-0.05, 0) is 26.8 Å². The minimum absolute atomic E-state index is 0.141. The van der Waals surface area contributed by atoms with Crippen molar-refractivity contribution in [3.8, 4) is 0 Å². The van der Waals surface area contributed by atoms with E-state index < -0.39 is 11.8 Å². The van der Waals surface area contributed by atoms with E-state index in [2.05, 4.69) is 10.9 Å². The molecule has 8 heteroatoms. The van der Waals surface area contributed by atoms with Crippen LogP contribution in [0.5, 0.6) is 0 Å². The fourth-order valence-electron chi connectivity index (χ4n) is 1.83. The third kappa shape index (κ3) is 3.40. The highest BCUT2D eigenvalue weighted by Gasteiger charge is 2.14. The van der Waals surface area contributed by atoms with Crippen LogP contribution < -0.4 is 15.7 Å². The van der Waals surface area contributed by atoms with Gasteiger partial charge in [0.05, 0.1) is 5.56 Å². The molecule has 21 heavy (non-hydrogen) atoms. The number of furan rings is 1. The molecule has 2 aromatic heterocycles. The average molecular weight is 309 g/mol. The first-order valence-electron chi connectivity index (χ1n) is 6.19. The van der Waals surface area contributed by atoms with Gasteiger partial charge in [-0.25, -0.2) is 0 Å². The summed E-state index contributed by atoms with van der Waals surface area (Å²) in [6.45, 7) is 4.99. The van der Waals surface area contributed by atoms with E-state index in [4.69, 9.17) is 4.42 Å². The Morgan fingerprint density at radius 3 is 2.52 bits per heavy atom. The lowest BCUT2D eigenvalue weighted by atomic mass is 10.2. The fourth-order valence-corrected chi connectivity index (χ4v) is 2.56. The Morgan fingerprint density at radius 1 is 1.29 bits per heavy atom. The summed E-state index contributed by atoms with van der Waals surface area (Å²) in [6, 6.07) is 1.59. The zero-order valence-corrected chi connectivity index (χ0v) is 12.7. The number of rotatable bonds is 3. The van der Waals surface area contributed by atoms with Crippen molar-refractivity contribution in [2.45, 2.75) is 27.3 Å². The van der Waals surface area contributed by atoms with E-state index in [0.29, 0.717) is 22.8 Å². The maximum atomic E-state index is 11.9. The van der Waals surface area contributed by atoms with Gasteiger partial charge in [-0.3, -0.25) is 29.8 Å². The number of thiazole rings is 1. The Morgan fingerprint density at radius 2 is 2.00 bits per heavy atom. The Labute approximate surface area is 124 Å². The van der Waals surface area contributed by atoms with Crippen molar-refractivity contribution in [1.29, 1.82) is 0 Å². The number of carbonyl (C=O) groups excluding carboxylic acids is 2. The van der Waals surface area contributed by atoms with E-state index in [9.17, 15) is 14.4 Å². The lowest BCUT2D eigenvalue weighted by molar-refractivity contribution is -0.122. The Kier molecular flexibility index (Phi) is 4.27. The molecule has 0 aromatic carbocycles. The summed E-state index contributed by atoms with van der Waals surface area (Å²) < 4.78 is 6.57. The van der Waals surface area contributed by atoms with Crippen LogP contribution in [-0.2, 0) is 11.3 Å². The molecule has 2 heterocycles. The smallest absolute Gasteiger partial charge is 0.307 e. The number of hydrazine groups is 1. The van der Waals surface area contributed by atoms with Crippen molar-refractivity contribution in [3.05, 3.63) is 43.9 Å². The second-order valence-corrected chi connectivity index (χ2v) is 5.38. The standard InChI is InChI=1S/C13H15N3O4S/c1-7-6-21-13(19)16(7)5-11(17)14-15-12(18)10-4-8(2)20-9(10)3/h4,6H,5H2,1-3H3,(H,14,17)(H,15,18). The van der Waals surface area contributed by atoms with E-state index in [1.54, 1.807) is 32.2 Å². The van der Waals surface area contributed by atoms with E-state index in [0.717, 1.165) is 11.3 Å². The molecule has 0 aliphatic rings. The summed E-state index contributed by atoms with van der Waals surface area (Å²) in [5, 5.41) is 1.67. The third-order valence-electron chi connectivity index (χ3n) is 2.88. The highest BCUT2D eigenvalue weighted by Crippen LogP contribution is 2.12. The molecule has 7 nitrogen and oxygen atoms in total. The van der Waals surface area contributed by atoms with Crippen LogP contribution in [0.15, 0.2) is 20.7 Å². The lowest BCUT2D eigenvalue weighted by Crippen LogP contribution is -2.44. The van der Waals surface area contributed by atoms with E-state index >= 15 is 0 Å². The van der Waals surface area contributed by atoms with Crippen molar-refractivity contribution in [2.24, 2.45) is 0 Å². The zero-order valence-electron chi connectivity index (χ0n) is 11.9. The van der Waals surface area contributed by atoms with Crippen LogP contribution in [0.25, 0.3) is 0 Å². The monoisotopic (exact) mass is 309 g/mol. The van der Waals surface area contributed by atoms with Crippen molar-refractivity contribution >= 4 is 23.2 Å². The molecule has 0 aliphatic carbocycles.